The van der Waals surface area contributed by atoms with E-state index in [1.165, 1.54) is 6.92 Å². The number of carboxylic acids is 1. The number of carboxylic acid groups (broad SMARTS) is 1. The summed E-state index contributed by atoms with van der Waals surface area (Å²) < 4.78 is 5.61. The summed E-state index contributed by atoms with van der Waals surface area (Å²) in [6.45, 7) is 1.41. The van der Waals surface area contributed by atoms with Crippen molar-refractivity contribution in [3.05, 3.63) is 60.2 Å². The Hall–Kier alpha value is -2.82. The highest BCUT2D eigenvalue weighted by atomic mass is 16.5. The summed E-state index contributed by atoms with van der Waals surface area (Å²) in [7, 11) is 0. The quantitative estimate of drug-likeness (QED) is 0.885. The van der Waals surface area contributed by atoms with Crippen molar-refractivity contribution < 1.29 is 19.4 Å². The number of carbonyl (C=O) groups is 2. The van der Waals surface area contributed by atoms with Gasteiger partial charge in [-0.25, -0.2) is 0 Å². The highest BCUT2D eigenvalue weighted by molar-refractivity contribution is 5.96. The molecule has 1 atom stereocenters. The lowest BCUT2D eigenvalue weighted by atomic mass is 10.2. The fourth-order valence-electron chi connectivity index (χ4n) is 1.64. The monoisotopic (exact) mass is 285 g/mol. The van der Waals surface area contributed by atoms with Gasteiger partial charge in [0.25, 0.3) is 5.91 Å². The summed E-state index contributed by atoms with van der Waals surface area (Å²) in [6.07, 6.45) is 0. The minimum atomic E-state index is -1.08. The van der Waals surface area contributed by atoms with Gasteiger partial charge >= 0.3 is 5.97 Å². The Morgan fingerprint density at radius 3 is 2.14 bits per heavy atom. The topological polar surface area (TPSA) is 75.6 Å². The Labute approximate surface area is 122 Å². The van der Waals surface area contributed by atoms with E-state index in [1.54, 1.807) is 24.3 Å². The van der Waals surface area contributed by atoms with Gasteiger partial charge in [0.05, 0.1) is 0 Å². The van der Waals surface area contributed by atoms with Crippen LogP contribution in [0.25, 0.3) is 0 Å². The number of benzene rings is 2. The largest absolute Gasteiger partial charge is 0.480 e. The van der Waals surface area contributed by atoms with Crippen molar-refractivity contribution in [1.82, 2.24) is 5.32 Å². The van der Waals surface area contributed by atoms with Crippen molar-refractivity contribution >= 4 is 11.9 Å². The van der Waals surface area contributed by atoms with E-state index in [9.17, 15) is 9.59 Å². The second kappa shape index (κ2) is 6.56. The van der Waals surface area contributed by atoms with Gasteiger partial charge in [0.1, 0.15) is 17.5 Å². The number of ether oxygens (including phenoxy) is 1. The zero-order chi connectivity index (χ0) is 15.2. The van der Waals surface area contributed by atoms with Crippen LogP contribution in [-0.4, -0.2) is 23.0 Å². The summed E-state index contributed by atoms with van der Waals surface area (Å²) >= 11 is 0. The molecular formula is C16H15NO4. The maximum atomic E-state index is 11.8. The third-order valence-corrected chi connectivity index (χ3v) is 2.81. The molecule has 0 bridgehead atoms. The molecule has 21 heavy (non-hydrogen) atoms. The molecule has 5 nitrogen and oxygen atoms in total. The van der Waals surface area contributed by atoms with Gasteiger partial charge in [-0.05, 0) is 43.3 Å². The van der Waals surface area contributed by atoms with E-state index >= 15 is 0 Å². The Balaban J connectivity index is 2.02. The van der Waals surface area contributed by atoms with Crippen LogP contribution < -0.4 is 10.1 Å². The summed E-state index contributed by atoms with van der Waals surface area (Å²) in [5.74, 6) is -0.207. The van der Waals surface area contributed by atoms with Gasteiger partial charge in [-0.15, -0.1) is 0 Å². The maximum absolute atomic E-state index is 11.8. The number of para-hydroxylation sites is 1. The molecule has 2 N–H and O–H groups in total. The summed E-state index contributed by atoms with van der Waals surface area (Å²) in [6, 6.07) is 14.8. The van der Waals surface area contributed by atoms with Crippen LogP contribution >= 0.6 is 0 Å². The van der Waals surface area contributed by atoms with Crippen molar-refractivity contribution in [2.45, 2.75) is 13.0 Å². The number of nitrogens with one attached hydrogen (secondary N) is 1. The van der Waals surface area contributed by atoms with Crippen molar-refractivity contribution in [2.75, 3.05) is 0 Å². The minimum Gasteiger partial charge on any atom is -0.480 e. The first kappa shape index (κ1) is 14.6. The number of carbonyl (C=O) groups excluding carboxylic acids is 1. The fourth-order valence-corrected chi connectivity index (χ4v) is 1.64. The van der Waals surface area contributed by atoms with Crippen molar-refractivity contribution in [3.8, 4) is 11.5 Å². The van der Waals surface area contributed by atoms with Gasteiger partial charge in [-0.2, -0.15) is 0 Å². The van der Waals surface area contributed by atoms with Gasteiger partial charge in [0.15, 0.2) is 0 Å². The SMILES string of the molecule is C[C@@H](NC(=O)c1ccc(Oc2ccccc2)cc1)C(=O)O. The third kappa shape index (κ3) is 4.07. The molecule has 2 rings (SSSR count). The standard InChI is InChI=1S/C16H15NO4/c1-11(16(19)20)17-15(18)12-7-9-14(10-8-12)21-13-5-3-2-4-6-13/h2-11H,1H3,(H,17,18)(H,19,20)/t11-/m1/s1. The Morgan fingerprint density at radius 2 is 1.57 bits per heavy atom. The van der Waals surface area contributed by atoms with Gasteiger partial charge in [0.2, 0.25) is 0 Å². The van der Waals surface area contributed by atoms with Crippen molar-refractivity contribution in [3.63, 3.8) is 0 Å². The highest BCUT2D eigenvalue weighted by Gasteiger charge is 2.15. The molecule has 0 aliphatic rings. The first-order valence-electron chi connectivity index (χ1n) is 6.43. The lowest BCUT2D eigenvalue weighted by Gasteiger charge is -2.10. The summed E-state index contributed by atoms with van der Waals surface area (Å²) in [5.41, 5.74) is 0.378. The first-order valence-corrected chi connectivity index (χ1v) is 6.43. The lowest BCUT2D eigenvalue weighted by molar-refractivity contribution is -0.138. The average molecular weight is 285 g/mol. The van der Waals surface area contributed by atoms with Crippen LogP contribution in [0.5, 0.6) is 11.5 Å². The van der Waals surface area contributed by atoms with Crippen molar-refractivity contribution in [2.24, 2.45) is 0 Å². The smallest absolute Gasteiger partial charge is 0.325 e. The van der Waals surface area contributed by atoms with Crippen LogP contribution in [0.3, 0.4) is 0 Å². The third-order valence-electron chi connectivity index (χ3n) is 2.81. The Kier molecular flexibility index (Phi) is 4.56. The molecule has 0 unspecified atom stereocenters. The second-order valence-corrected chi connectivity index (χ2v) is 4.47. The summed E-state index contributed by atoms with van der Waals surface area (Å²) in [4.78, 5) is 22.5. The van der Waals surface area contributed by atoms with Crippen LogP contribution in [0.1, 0.15) is 17.3 Å². The number of hydrogen-bond acceptors (Lipinski definition) is 3. The first-order chi connectivity index (χ1) is 10.1. The Morgan fingerprint density at radius 1 is 1.00 bits per heavy atom. The molecule has 0 aliphatic carbocycles. The van der Waals surface area contributed by atoms with Crippen LogP contribution in [-0.2, 0) is 4.79 Å². The molecule has 0 aromatic heterocycles. The van der Waals surface area contributed by atoms with E-state index in [4.69, 9.17) is 9.84 Å². The lowest BCUT2D eigenvalue weighted by Crippen LogP contribution is -2.38. The number of rotatable bonds is 5. The number of aliphatic carboxylic acids is 1. The predicted molar refractivity (Wildman–Crippen MR) is 77.5 cm³/mol. The maximum Gasteiger partial charge on any atom is 0.325 e. The van der Waals surface area contributed by atoms with E-state index in [-0.39, 0.29) is 0 Å². The molecule has 0 fully saturated rings. The zero-order valence-corrected chi connectivity index (χ0v) is 11.4. The normalized spacial score (nSPS) is 11.5. The molecule has 2 aromatic carbocycles. The van der Waals surface area contributed by atoms with E-state index in [0.717, 1.165) is 0 Å². The van der Waals surface area contributed by atoms with Crippen LogP contribution in [0.2, 0.25) is 0 Å². The second-order valence-electron chi connectivity index (χ2n) is 4.47. The number of hydrogen-bond donors (Lipinski definition) is 2. The molecule has 0 saturated heterocycles. The molecule has 0 heterocycles. The minimum absolute atomic E-state index is 0.378. The van der Waals surface area contributed by atoms with E-state index in [1.807, 2.05) is 30.3 Å². The Bertz CT molecular complexity index is 622. The van der Waals surface area contributed by atoms with Gasteiger partial charge in [0, 0.05) is 5.56 Å². The molecular weight excluding hydrogens is 270 g/mol. The van der Waals surface area contributed by atoms with E-state index < -0.39 is 17.9 Å². The van der Waals surface area contributed by atoms with Crippen LogP contribution in [0, 0.1) is 0 Å². The molecule has 0 aliphatic heterocycles. The zero-order valence-electron chi connectivity index (χ0n) is 11.4. The van der Waals surface area contributed by atoms with Gasteiger partial charge in [-0.1, -0.05) is 18.2 Å². The van der Waals surface area contributed by atoms with Gasteiger partial charge in [-0.3, -0.25) is 9.59 Å². The molecule has 1 amide bonds. The van der Waals surface area contributed by atoms with Crippen LogP contribution in [0.4, 0.5) is 0 Å². The molecule has 0 radical (unpaired) electrons. The molecule has 108 valence electrons. The van der Waals surface area contributed by atoms with Crippen molar-refractivity contribution in [1.29, 1.82) is 0 Å². The average Bonchev–Trinajstić information content (AvgIpc) is 2.48. The number of amides is 1. The van der Waals surface area contributed by atoms with E-state index in [2.05, 4.69) is 5.32 Å². The van der Waals surface area contributed by atoms with E-state index in [0.29, 0.717) is 17.1 Å². The predicted octanol–water partition coefficient (Wildman–Crippen LogP) is 2.68. The molecule has 2 aromatic rings. The molecule has 0 spiro atoms. The summed E-state index contributed by atoms with van der Waals surface area (Å²) in [5, 5.41) is 11.1. The molecule has 5 heteroatoms. The van der Waals surface area contributed by atoms with Gasteiger partial charge < -0.3 is 15.2 Å². The molecule has 0 saturated carbocycles. The van der Waals surface area contributed by atoms with Crippen LogP contribution in [0.15, 0.2) is 54.6 Å². The fraction of sp³-hybridized carbons (Fsp3) is 0.125. The highest BCUT2D eigenvalue weighted by Crippen LogP contribution is 2.21.